The van der Waals surface area contributed by atoms with Gasteiger partial charge in [-0.25, -0.2) is 26.7 Å². The fraction of sp³-hybridized carbons (Fsp3) is 0.417. The maximum absolute atomic E-state index is 13.9. The highest BCUT2D eigenvalue weighted by Crippen LogP contribution is 2.21. The van der Waals surface area contributed by atoms with E-state index in [2.05, 4.69) is 4.72 Å². The quantitative estimate of drug-likeness (QED) is 0.697. The van der Waals surface area contributed by atoms with E-state index in [1.807, 2.05) is 0 Å². The number of sulfonamides is 1. The summed E-state index contributed by atoms with van der Waals surface area (Å²) in [5, 5.41) is 17.5. The molecule has 0 aliphatic rings. The van der Waals surface area contributed by atoms with Crippen LogP contribution >= 0.6 is 0 Å². The molecule has 118 valence electrons. The molecule has 1 aromatic rings. The summed E-state index contributed by atoms with van der Waals surface area (Å²) in [6.07, 6.45) is 0.457. The predicted molar refractivity (Wildman–Crippen MR) is 69.4 cm³/mol. The van der Waals surface area contributed by atoms with Crippen molar-refractivity contribution < 1.29 is 32.2 Å². The van der Waals surface area contributed by atoms with Crippen LogP contribution in [-0.4, -0.2) is 37.2 Å². The first-order chi connectivity index (χ1) is 9.74. The Morgan fingerprint density at radius 1 is 1.38 bits per heavy atom. The molecule has 0 aliphatic heterocycles. The molecule has 9 heteroatoms. The fourth-order valence-electron chi connectivity index (χ4n) is 1.72. The van der Waals surface area contributed by atoms with E-state index in [1.54, 1.807) is 6.92 Å². The zero-order chi connectivity index (χ0) is 16.2. The topological polar surface area (TPSA) is 104 Å². The van der Waals surface area contributed by atoms with Gasteiger partial charge in [0.2, 0.25) is 10.0 Å². The van der Waals surface area contributed by atoms with Crippen molar-refractivity contribution in [2.75, 3.05) is 6.61 Å². The second-order valence-electron chi connectivity index (χ2n) is 4.28. The largest absolute Gasteiger partial charge is 0.477 e. The Balaban J connectivity index is 3.26. The molecule has 1 rings (SSSR count). The lowest BCUT2D eigenvalue weighted by atomic mass is 10.2. The van der Waals surface area contributed by atoms with Gasteiger partial charge in [0.25, 0.3) is 0 Å². The van der Waals surface area contributed by atoms with E-state index in [4.69, 9.17) is 10.2 Å². The summed E-state index contributed by atoms with van der Waals surface area (Å²) in [5.41, 5.74) is -1.33. The fourth-order valence-corrected chi connectivity index (χ4v) is 3.16. The van der Waals surface area contributed by atoms with Gasteiger partial charge in [0, 0.05) is 12.6 Å². The molecule has 0 spiro atoms. The summed E-state index contributed by atoms with van der Waals surface area (Å²) < 4.78 is 53.4. The number of aromatic carboxylic acids is 1. The van der Waals surface area contributed by atoms with E-state index >= 15 is 0 Å². The van der Waals surface area contributed by atoms with E-state index in [0.717, 1.165) is 0 Å². The van der Waals surface area contributed by atoms with Crippen molar-refractivity contribution in [2.24, 2.45) is 0 Å². The van der Waals surface area contributed by atoms with Crippen LogP contribution < -0.4 is 4.72 Å². The second-order valence-corrected chi connectivity index (χ2v) is 5.96. The van der Waals surface area contributed by atoms with Gasteiger partial charge in [-0.15, -0.1) is 0 Å². The van der Waals surface area contributed by atoms with Gasteiger partial charge in [-0.05, 0) is 25.0 Å². The summed E-state index contributed by atoms with van der Waals surface area (Å²) in [4.78, 5) is 9.83. The third-order valence-electron chi connectivity index (χ3n) is 2.85. The van der Waals surface area contributed by atoms with Crippen LogP contribution in [0.3, 0.4) is 0 Å². The molecule has 0 radical (unpaired) electrons. The molecule has 0 amide bonds. The first-order valence-electron chi connectivity index (χ1n) is 6.09. The van der Waals surface area contributed by atoms with Gasteiger partial charge in [0.05, 0.1) is 0 Å². The molecule has 1 aromatic carbocycles. The highest BCUT2D eigenvalue weighted by Gasteiger charge is 2.28. The number of rotatable bonds is 7. The standard InChI is InChI=1S/C12H15F2NO5S/c1-2-7(5-6-16)15-21(19,20)9-4-3-8(13)10(11(9)14)12(17)18/h3-4,7,15-16H,2,5-6H2,1H3,(H,17,18). The third-order valence-corrected chi connectivity index (χ3v) is 4.39. The second kappa shape index (κ2) is 6.92. The van der Waals surface area contributed by atoms with Gasteiger partial charge in [-0.3, -0.25) is 0 Å². The maximum atomic E-state index is 13.9. The summed E-state index contributed by atoms with van der Waals surface area (Å²) in [5.74, 6) is -4.92. The Morgan fingerprint density at radius 2 is 2.00 bits per heavy atom. The Bertz CT molecular complexity index is 633. The van der Waals surface area contributed by atoms with Gasteiger partial charge in [-0.2, -0.15) is 0 Å². The molecule has 0 fully saturated rings. The van der Waals surface area contributed by atoms with Crippen LogP contribution in [0.1, 0.15) is 30.1 Å². The molecular formula is C12H15F2NO5S. The average Bonchev–Trinajstić information content (AvgIpc) is 2.37. The lowest BCUT2D eigenvalue weighted by molar-refractivity contribution is 0.0685. The lowest BCUT2D eigenvalue weighted by Crippen LogP contribution is -2.35. The molecule has 3 N–H and O–H groups in total. The molecule has 0 saturated heterocycles. The molecule has 1 unspecified atom stereocenters. The smallest absolute Gasteiger partial charge is 0.341 e. The van der Waals surface area contributed by atoms with Crippen LogP contribution in [0.25, 0.3) is 0 Å². The summed E-state index contributed by atoms with van der Waals surface area (Å²) >= 11 is 0. The van der Waals surface area contributed by atoms with Crippen LogP contribution in [0.4, 0.5) is 8.78 Å². The van der Waals surface area contributed by atoms with Crippen LogP contribution in [0.2, 0.25) is 0 Å². The van der Waals surface area contributed by atoms with Crippen molar-refractivity contribution >= 4 is 16.0 Å². The number of carbonyl (C=O) groups is 1. The molecule has 0 heterocycles. The van der Waals surface area contributed by atoms with Crippen LogP contribution in [0.15, 0.2) is 17.0 Å². The summed E-state index contributed by atoms with van der Waals surface area (Å²) in [6.45, 7) is 1.39. The predicted octanol–water partition coefficient (Wildman–Crippen LogP) is 1.10. The Morgan fingerprint density at radius 3 is 2.48 bits per heavy atom. The van der Waals surface area contributed by atoms with E-state index in [0.29, 0.717) is 18.6 Å². The number of benzene rings is 1. The van der Waals surface area contributed by atoms with Crippen molar-refractivity contribution in [3.8, 4) is 0 Å². The SMILES string of the molecule is CCC(CCO)NS(=O)(=O)c1ccc(F)c(C(=O)O)c1F. The Hall–Kier alpha value is -1.58. The van der Waals surface area contributed by atoms with Gasteiger partial charge < -0.3 is 10.2 Å². The molecule has 0 aliphatic carbocycles. The minimum Gasteiger partial charge on any atom is -0.477 e. The van der Waals surface area contributed by atoms with Gasteiger partial charge in [0.15, 0.2) is 5.82 Å². The van der Waals surface area contributed by atoms with Crippen molar-refractivity contribution in [3.63, 3.8) is 0 Å². The Labute approximate surface area is 120 Å². The Kier molecular flexibility index (Phi) is 5.76. The van der Waals surface area contributed by atoms with Gasteiger partial charge in [0.1, 0.15) is 16.3 Å². The first kappa shape index (κ1) is 17.5. The number of hydrogen-bond donors (Lipinski definition) is 3. The molecule has 6 nitrogen and oxygen atoms in total. The zero-order valence-corrected chi connectivity index (χ0v) is 12.0. The van der Waals surface area contributed by atoms with Crippen LogP contribution in [0.5, 0.6) is 0 Å². The number of halogens is 2. The first-order valence-corrected chi connectivity index (χ1v) is 7.57. The highest BCUT2D eigenvalue weighted by atomic mass is 32.2. The van der Waals surface area contributed by atoms with Gasteiger partial charge in [-0.1, -0.05) is 6.92 Å². The lowest BCUT2D eigenvalue weighted by Gasteiger charge is -2.16. The average molecular weight is 323 g/mol. The van der Waals surface area contributed by atoms with Crippen molar-refractivity contribution in [1.29, 1.82) is 0 Å². The zero-order valence-electron chi connectivity index (χ0n) is 11.1. The monoisotopic (exact) mass is 323 g/mol. The number of carboxylic acid groups (broad SMARTS) is 1. The molecule has 0 aromatic heterocycles. The molecular weight excluding hydrogens is 308 g/mol. The maximum Gasteiger partial charge on any atom is 0.341 e. The summed E-state index contributed by atoms with van der Waals surface area (Å²) in [7, 11) is -4.36. The number of hydrogen-bond acceptors (Lipinski definition) is 4. The van der Waals surface area contributed by atoms with E-state index < -0.39 is 44.1 Å². The van der Waals surface area contributed by atoms with Crippen molar-refractivity contribution in [3.05, 3.63) is 29.3 Å². The van der Waals surface area contributed by atoms with E-state index in [9.17, 15) is 22.0 Å². The van der Waals surface area contributed by atoms with Crippen molar-refractivity contribution in [2.45, 2.75) is 30.7 Å². The number of aliphatic hydroxyl groups excluding tert-OH is 1. The molecule has 0 saturated carbocycles. The van der Waals surface area contributed by atoms with E-state index in [-0.39, 0.29) is 13.0 Å². The number of aliphatic hydroxyl groups is 1. The highest BCUT2D eigenvalue weighted by molar-refractivity contribution is 7.89. The van der Waals surface area contributed by atoms with Crippen LogP contribution in [-0.2, 0) is 10.0 Å². The van der Waals surface area contributed by atoms with E-state index in [1.165, 1.54) is 0 Å². The summed E-state index contributed by atoms with van der Waals surface area (Å²) in [6, 6.07) is 0.594. The van der Waals surface area contributed by atoms with Crippen LogP contribution in [0, 0.1) is 11.6 Å². The van der Waals surface area contributed by atoms with Gasteiger partial charge >= 0.3 is 5.97 Å². The number of nitrogens with one attached hydrogen (secondary N) is 1. The van der Waals surface area contributed by atoms with Crippen molar-refractivity contribution in [1.82, 2.24) is 4.72 Å². The molecule has 1 atom stereocenters. The molecule has 0 bridgehead atoms. The third kappa shape index (κ3) is 3.96. The molecule has 21 heavy (non-hydrogen) atoms. The minimum absolute atomic E-state index is 0.115. The minimum atomic E-state index is -4.36. The normalized spacial score (nSPS) is 13.1. The number of carboxylic acids is 1.